The van der Waals surface area contributed by atoms with Crippen molar-refractivity contribution in [2.75, 3.05) is 29.9 Å². The van der Waals surface area contributed by atoms with Crippen LogP contribution in [0.4, 0.5) is 10.8 Å². The molecule has 3 aromatic carbocycles. The Morgan fingerprint density at radius 1 is 1.14 bits per heavy atom. The second-order valence-electron chi connectivity index (χ2n) is 8.08. The van der Waals surface area contributed by atoms with Crippen molar-refractivity contribution >= 4 is 65.9 Å². The van der Waals surface area contributed by atoms with Crippen molar-refractivity contribution in [3.8, 4) is 5.75 Å². The van der Waals surface area contributed by atoms with E-state index in [9.17, 15) is 18.0 Å². The lowest BCUT2D eigenvalue weighted by molar-refractivity contribution is -0.119. The molecule has 0 fully saturated rings. The van der Waals surface area contributed by atoms with Gasteiger partial charge in [-0.25, -0.2) is 18.2 Å². The van der Waals surface area contributed by atoms with Crippen LogP contribution < -0.4 is 14.4 Å². The summed E-state index contributed by atoms with van der Waals surface area (Å²) in [5.74, 6) is -0.782. The fraction of sp³-hybridized carbons (Fsp3) is 0.160. The van der Waals surface area contributed by atoms with Gasteiger partial charge < -0.3 is 9.47 Å². The molecule has 1 amide bonds. The van der Waals surface area contributed by atoms with E-state index in [4.69, 9.17) is 21.1 Å². The summed E-state index contributed by atoms with van der Waals surface area (Å²) in [6.07, 6.45) is 0.575. The number of halogens is 1. The van der Waals surface area contributed by atoms with Crippen molar-refractivity contribution in [2.24, 2.45) is 0 Å². The molecule has 0 radical (unpaired) electrons. The van der Waals surface area contributed by atoms with E-state index in [0.29, 0.717) is 28.5 Å². The van der Waals surface area contributed by atoms with Gasteiger partial charge in [0, 0.05) is 6.54 Å². The summed E-state index contributed by atoms with van der Waals surface area (Å²) in [6.45, 7) is -0.312. The van der Waals surface area contributed by atoms with E-state index in [-0.39, 0.29) is 22.0 Å². The van der Waals surface area contributed by atoms with E-state index in [1.54, 1.807) is 37.4 Å². The molecule has 190 valence electrons. The second kappa shape index (κ2) is 10.0. The Morgan fingerprint density at radius 2 is 1.95 bits per heavy atom. The highest BCUT2D eigenvalue weighted by molar-refractivity contribution is 7.93. The number of carbonyl (C=O) groups is 2. The maximum atomic E-state index is 13.4. The average Bonchev–Trinajstić information content (AvgIpc) is 3.51. The molecule has 2 heterocycles. The summed E-state index contributed by atoms with van der Waals surface area (Å²) in [5.41, 5.74) is 2.14. The van der Waals surface area contributed by atoms with Crippen LogP contribution in [0.2, 0.25) is 5.02 Å². The summed E-state index contributed by atoms with van der Waals surface area (Å²) in [4.78, 5) is 29.1. The maximum absolute atomic E-state index is 13.4. The van der Waals surface area contributed by atoms with Gasteiger partial charge in [0.25, 0.3) is 15.9 Å². The minimum absolute atomic E-state index is 0.0221. The standard InChI is InChI=1S/C25H20ClN3O6S2/c1-34-17-7-9-19-21(13-17)36-25(27-19)28-23(30)14-35-24(31)16-6-8-18(26)22(12-16)37(32,33)29-11-10-15-4-2-3-5-20(15)29/h2-9,12-13H,10-11,14H2,1H3,(H,27,28,30). The largest absolute Gasteiger partial charge is 0.497 e. The molecule has 5 rings (SSSR count). The number of ether oxygens (including phenoxy) is 2. The molecular weight excluding hydrogens is 538 g/mol. The van der Waals surface area contributed by atoms with Crippen molar-refractivity contribution in [3.63, 3.8) is 0 Å². The Morgan fingerprint density at radius 3 is 2.76 bits per heavy atom. The Hall–Kier alpha value is -3.67. The molecule has 0 atom stereocenters. The van der Waals surface area contributed by atoms with Gasteiger partial charge in [0.1, 0.15) is 10.6 Å². The third-order valence-corrected chi connectivity index (χ3v) is 8.98. The lowest BCUT2D eigenvalue weighted by Crippen LogP contribution is -2.29. The number of amides is 1. The number of methoxy groups -OCH3 is 1. The minimum Gasteiger partial charge on any atom is -0.497 e. The molecule has 0 unspecified atom stereocenters. The van der Waals surface area contributed by atoms with Gasteiger partial charge in [-0.05, 0) is 54.4 Å². The van der Waals surface area contributed by atoms with E-state index >= 15 is 0 Å². The number of thiazole rings is 1. The Kier molecular flexibility index (Phi) is 6.76. The number of aromatic nitrogens is 1. The molecule has 1 aliphatic rings. The van der Waals surface area contributed by atoms with Crippen LogP contribution >= 0.6 is 22.9 Å². The number of hydrogen-bond donors (Lipinski definition) is 1. The number of para-hydroxylation sites is 1. The van der Waals surface area contributed by atoms with Gasteiger partial charge in [-0.3, -0.25) is 14.4 Å². The maximum Gasteiger partial charge on any atom is 0.338 e. The summed E-state index contributed by atoms with van der Waals surface area (Å²) in [6, 6.07) is 16.4. The van der Waals surface area contributed by atoms with Crippen LogP contribution in [0.1, 0.15) is 15.9 Å². The number of nitrogens with one attached hydrogen (secondary N) is 1. The first kappa shape index (κ1) is 25.0. The monoisotopic (exact) mass is 557 g/mol. The number of benzene rings is 3. The van der Waals surface area contributed by atoms with Crippen molar-refractivity contribution in [1.82, 2.24) is 4.98 Å². The van der Waals surface area contributed by atoms with E-state index < -0.39 is 28.5 Å². The molecule has 9 nitrogen and oxygen atoms in total. The first-order valence-electron chi connectivity index (χ1n) is 11.1. The smallest absolute Gasteiger partial charge is 0.338 e. The van der Waals surface area contributed by atoms with Gasteiger partial charge >= 0.3 is 5.97 Å². The first-order chi connectivity index (χ1) is 17.8. The number of fused-ring (bicyclic) bond motifs is 2. The highest BCUT2D eigenvalue weighted by Gasteiger charge is 2.32. The molecule has 0 saturated heterocycles. The second-order valence-corrected chi connectivity index (χ2v) is 11.3. The number of rotatable bonds is 7. The van der Waals surface area contributed by atoms with Gasteiger partial charge in [-0.15, -0.1) is 0 Å². The van der Waals surface area contributed by atoms with Gasteiger partial charge in [0.15, 0.2) is 11.7 Å². The third kappa shape index (κ3) is 4.97. The predicted octanol–water partition coefficient (Wildman–Crippen LogP) is 4.51. The number of carbonyl (C=O) groups excluding carboxylic acids is 2. The third-order valence-electron chi connectivity index (χ3n) is 5.76. The quantitative estimate of drug-likeness (QED) is 0.332. The van der Waals surface area contributed by atoms with Crippen molar-refractivity contribution in [1.29, 1.82) is 0 Å². The van der Waals surface area contributed by atoms with Gasteiger partial charge in [-0.1, -0.05) is 41.1 Å². The highest BCUT2D eigenvalue weighted by Crippen LogP contribution is 2.35. The summed E-state index contributed by atoms with van der Waals surface area (Å²) < 4.78 is 39.2. The summed E-state index contributed by atoms with van der Waals surface area (Å²) in [5, 5.41) is 2.91. The van der Waals surface area contributed by atoms with Crippen LogP contribution in [0.3, 0.4) is 0 Å². The van der Waals surface area contributed by atoms with Crippen LogP contribution in [-0.2, 0) is 26.0 Å². The minimum atomic E-state index is -4.03. The first-order valence-corrected chi connectivity index (χ1v) is 13.7. The van der Waals surface area contributed by atoms with E-state index in [1.165, 1.54) is 33.8 Å². The fourth-order valence-corrected chi connectivity index (χ4v) is 6.88. The molecule has 0 aliphatic carbocycles. The fourth-order valence-electron chi connectivity index (χ4n) is 3.96. The van der Waals surface area contributed by atoms with Crippen LogP contribution in [0.15, 0.2) is 65.6 Å². The number of sulfonamides is 1. The predicted molar refractivity (Wildman–Crippen MR) is 141 cm³/mol. The SMILES string of the molecule is COc1ccc2nc(NC(=O)COC(=O)c3ccc(Cl)c(S(=O)(=O)N4CCc5ccccc54)c3)sc2c1. The molecule has 0 saturated carbocycles. The topological polar surface area (TPSA) is 115 Å². The van der Waals surface area contributed by atoms with E-state index in [1.807, 2.05) is 12.1 Å². The number of esters is 1. The van der Waals surface area contributed by atoms with Crippen LogP contribution in [-0.4, -0.2) is 45.5 Å². The Bertz CT molecular complexity index is 1640. The molecule has 1 aromatic heterocycles. The Balaban J connectivity index is 1.27. The molecule has 4 aromatic rings. The zero-order chi connectivity index (χ0) is 26.2. The normalized spacial score (nSPS) is 12.9. The average molecular weight is 558 g/mol. The Labute approximate surface area is 221 Å². The van der Waals surface area contributed by atoms with Crippen molar-refractivity contribution in [2.45, 2.75) is 11.3 Å². The van der Waals surface area contributed by atoms with Crippen LogP contribution in [0, 0.1) is 0 Å². The molecule has 37 heavy (non-hydrogen) atoms. The molecule has 0 spiro atoms. The molecule has 1 aliphatic heterocycles. The lowest BCUT2D eigenvalue weighted by Gasteiger charge is -2.20. The molecule has 12 heteroatoms. The zero-order valence-corrected chi connectivity index (χ0v) is 21.8. The molecule has 1 N–H and O–H groups in total. The zero-order valence-electron chi connectivity index (χ0n) is 19.4. The summed E-state index contributed by atoms with van der Waals surface area (Å²) in [7, 11) is -2.47. The molecule has 0 bridgehead atoms. The highest BCUT2D eigenvalue weighted by atomic mass is 35.5. The van der Waals surface area contributed by atoms with Gasteiger partial charge in [0.2, 0.25) is 0 Å². The lowest BCUT2D eigenvalue weighted by atomic mass is 10.2. The van der Waals surface area contributed by atoms with E-state index in [0.717, 1.165) is 10.3 Å². The van der Waals surface area contributed by atoms with Gasteiger partial charge in [-0.2, -0.15) is 0 Å². The van der Waals surface area contributed by atoms with Crippen molar-refractivity contribution in [3.05, 3.63) is 76.8 Å². The van der Waals surface area contributed by atoms with E-state index in [2.05, 4.69) is 10.3 Å². The van der Waals surface area contributed by atoms with Crippen LogP contribution in [0.25, 0.3) is 10.2 Å². The number of nitrogens with zero attached hydrogens (tertiary/aromatic N) is 2. The van der Waals surface area contributed by atoms with Gasteiger partial charge in [0.05, 0.1) is 33.6 Å². The molecular formula is C25H20ClN3O6S2. The number of anilines is 2. The summed E-state index contributed by atoms with van der Waals surface area (Å²) >= 11 is 7.48. The number of hydrogen-bond acceptors (Lipinski definition) is 8. The van der Waals surface area contributed by atoms with Crippen molar-refractivity contribution < 1.29 is 27.5 Å². The van der Waals surface area contributed by atoms with Crippen LogP contribution in [0.5, 0.6) is 5.75 Å².